The lowest BCUT2D eigenvalue weighted by Crippen LogP contribution is -2.20. The molecule has 3 atom stereocenters. The Morgan fingerprint density at radius 1 is 1.33 bits per heavy atom. The van der Waals surface area contributed by atoms with Gasteiger partial charge >= 0.3 is 0 Å². The van der Waals surface area contributed by atoms with Crippen LogP contribution < -0.4 is 9.47 Å². The first kappa shape index (κ1) is 13.2. The molecule has 18 heavy (non-hydrogen) atoms. The standard InChI is InChI=1S/C14H20O4/c1-9-11(6-7-18-9)14(15)12-8-10(16-2)4-5-13(12)17-3/h4-5,8-9,11,14-15H,6-7H2,1-3H3. The highest BCUT2D eigenvalue weighted by Crippen LogP contribution is 2.38. The van der Waals surface area contributed by atoms with Crippen molar-refractivity contribution in [3.05, 3.63) is 23.8 Å². The fraction of sp³-hybridized carbons (Fsp3) is 0.571. The van der Waals surface area contributed by atoms with Crippen LogP contribution in [0.4, 0.5) is 0 Å². The van der Waals surface area contributed by atoms with Gasteiger partial charge in [-0.25, -0.2) is 0 Å². The molecule has 0 aromatic heterocycles. The van der Waals surface area contributed by atoms with Crippen LogP contribution in [0.1, 0.15) is 25.0 Å². The molecular weight excluding hydrogens is 232 g/mol. The summed E-state index contributed by atoms with van der Waals surface area (Å²) in [7, 11) is 3.21. The summed E-state index contributed by atoms with van der Waals surface area (Å²) in [5, 5.41) is 10.5. The Labute approximate surface area is 107 Å². The number of ether oxygens (including phenoxy) is 3. The minimum absolute atomic E-state index is 0.0657. The molecule has 0 bridgehead atoms. The summed E-state index contributed by atoms with van der Waals surface area (Å²) in [4.78, 5) is 0. The molecule has 1 aliphatic rings. The van der Waals surface area contributed by atoms with Gasteiger partial charge in [0.05, 0.1) is 26.4 Å². The zero-order valence-corrected chi connectivity index (χ0v) is 11.1. The SMILES string of the molecule is COc1ccc(OC)c(C(O)C2CCOC2C)c1. The Hall–Kier alpha value is -1.26. The molecule has 1 fully saturated rings. The van der Waals surface area contributed by atoms with Crippen LogP contribution in [0, 0.1) is 5.92 Å². The van der Waals surface area contributed by atoms with E-state index >= 15 is 0 Å². The van der Waals surface area contributed by atoms with Gasteiger partial charge in [-0.3, -0.25) is 0 Å². The first-order chi connectivity index (χ1) is 8.67. The number of hydrogen-bond acceptors (Lipinski definition) is 4. The molecule has 1 aromatic carbocycles. The highest BCUT2D eigenvalue weighted by Gasteiger charge is 2.33. The van der Waals surface area contributed by atoms with Gasteiger partial charge in [0.2, 0.25) is 0 Å². The average Bonchev–Trinajstić information content (AvgIpc) is 2.83. The maximum Gasteiger partial charge on any atom is 0.124 e. The van der Waals surface area contributed by atoms with Crippen molar-refractivity contribution in [3.8, 4) is 11.5 Å². The van der Waals surface area contributed by atoms with Crippen molar-refractivity contribution >= 4 is 0 Å². The normalized spacial score (nSPS) is 24.9. The van der Waals surface area contributed by atoms with Gasteiger partial charge in [-0.1, -0.05) is 0 Å². The summed E-state index contributed by atoms with van der Waals surface area (Å²) in [6.45, 7) is 2.70. The molecule has 4 heteroatoms. The van der Waals surface area contributed by atoms with E-state index < -0.39 is 6.10 Å². The molecule has 1 N–H and O–H groups in total. The zero-order chi connectivity index (χ0) is 13.1. The maximum absolute atomic E-state index is 10.5. The second kappa shape index (κ2) is 5.59. The summed E-state index contributed by atoms with van der Waals surface area (Å²) in [5.74, 6) is 1.50. The van der Waals surface area contributed by atoms with Crippen LogP contribution in [-0.2, 0) is 4.74 Å². The van der Waals surface area contributed by atoms with Crippen molar-refractivity contribution in [2.75, 3.05) is 20.8 Å². The number of benzene rings is 1. The molecule has 1 aromatic rings. The van der Waals surface area contributed by atoms with E-state index in [2.05, 4.69) is 0 Å². The number of hydrogen-bond donors (Lipinski definition) is 1. The fourth-order valence-corrected chi connectivity index (χ4v) is 2.46. The molecule has 2 rings (SSSR count). The van der Waals surface area contributed by atoms with Crippen LogP contribution in [0.3, 0.4) is 0 Å². The molecule has 1 saturated heterocycles. The summed E-state index contributed by atoms with van der Waals surface area (Å²) in [5.41, 5.74) is 0.763. The van der Waals surface area contributed by atoms with E-state index in [0.717, 1.165) is 17.7 Å². The second-order valence-electron chi connectivity index (χ2n) is 4.58. The van der Waals surface area contributed by atoms with Gasteiger partial charge in [-0.15, -0.1) is 0 Å². The third-order valence-electron chi connectivity index (χ3n) is 3.60. The topological polar surface area (TPSA) is 47.9 Å². The van der Waals surface area contributed by atoms with Gasteiger partial charge in [0.1, 0.15) is 11.5 Å². The zero-order valence-electron chi connectivity index (χ0n) is 11.1. The van der Waals surface area contributed by atoms with Crippen molar-refractivity contribution in [1.82, 2.24) is 0 Å². The Morgan fingerprint density at radius 2 is 2.11 bits per heavy atom. The van der Waals surface area contributed by atoms with Crippen LogP contribution in [0.25, 0.3) is 0 Å². The van der Waals surface area contributed by atoms with E-state index in [4.69, 9.17) is 14.2 Å². The van der Waals surface area contributed by atoms with Crippen LogP contribution in [0.2, 0.25) is 0 Å². The Bertz CT molecular complexity index is 405. The van der Waals surface area contributed by atoms with Gasteiger partial charge in [-0.05, 0) is 31.5 Å². The van der Waals surface area contributed by atoms with Gasteiger partial charge in [0.15, 0.2) is 0 Å². The first-order valence-corrected chi connectivity index (χ1v) is 6.19. The summed E-state index contributed by atoms with van der Waals surface area (Å²) in [6, 6.07) is 5.47. The summed E-state index contributed by atoms with van der Waals surface area (Å²) in [6.07, 6.45) is 0.339. The minimum atomic E-state index is -0.590. The highest BCUT2D eigenvalue weighted by molar-refractivity contribution is 5.42. The highest BCUT2D eigenvalue weighted by atomic mass is 16.5. The van der Waals surface area contributed by atoms with E-state index in [1.807, 2.05) is 25.1 Å². The fourth-order valence-electron chi connectivity index (χ4n) is 2.46. The van der Waals surface area contributed by atoms with Crippen molar-refractivity contribution in [2.24, 2.45) is 5.92 Å². The monoisotopic (exact) mass is 252 g/mol. The number of methoxy groups -OCH3 is 2. The molecule has 0 aliphatic carbocycles. The molecule has 100 valence electrons. The summed E-state index contributed by atoms with van der Waals surface area (Å²) >= 11 is 0. The van der Waals surface area contributed by atoms with E-state index in [1.54, 1.807) is 14.2 Å². The summed E-state index contributed by atoms with van der Waals surface area (Å²) < 4.78 is 16.0. The third kappa shape index (κ3) is 2.44. The van der Waals surface area contributed by atoms with Crippen LogP contribution >= 0.6 is 0 Å². The molecule has 1 aliphatic heterocycles. The Morgan fingerprint density at radius 3 is 2.67 bits per heavy atom. The maximum atomic E-state index is 10.5. The number of rotatable bonds is 4. The van der Waals surface area contributed by atoms with Crippen LogP contribution in [0.15, 0.2) is 18.2 Å². The largest absolute Gasteiger partial charge is 0.497 e. The molecule has 3 unspecified atom stereocenters. The third-order valence-corrected chi connectivity index (χ3v) is 3.60. The van der Waals surface area contributed by atoms with Crippen LogP contribution in [0.5, 0.6) is 11.5 Å². The molecule has 0 saturated carbocycles. The predicted octanol–water partition coefficient (Wildman–Crippen LogP) is 2.16. The van der Waals surface area contributed by atoms with E-state index in [9.17, 15) is 5.11 Å². The molecular formula is C14H20O4. The quantitative estimate of drug-likeness (QED) is 0.892. The molecule has 0 radical (unpaired) electrons. The van der Waals surface area contributed by atoms with E-state index in [1.165, 1.54) is 0 Å². The molecule has 1 heterocycles. The van der Waals surface area contributed by atoms with Crippen molar-refractivity contribution in [3.63, 3.8) is 0 Å². The minimum Gasteiger partial charge on any atom is -0.497 e. The lowest BCUT2D eigenvalue weighted by atomic mass is 9.90. The molecule has 0 amide bonds. The molecule has 0 spiro atoms. The molecule has 4 nitrogen and oxygen atoms in total. The predicted molar refractivity (Wildman–Crippen MR) is 68.0 cm³/mol. The van der Waals surface area contributed by atoms with Crippen molar-refractivity contribution < 1.29 is 19.3 Å². The van der Waals surface area contributed by atoms with Gasteiger partial charge in [0, 0.05) is 18.1 Å². The first-order valence-electron chi connectivity index (χ1n) is 6.19. The number of aliphatic hydroxyl groups is 1. The number of aliphatic hydroxyl groups excluding tert-OH is 1. The average molecular weight is 252 g/mol. The van der Waals surface area contributed by atoms with Gasteiger partial charge in [0.25, 0.3) is 0 Å². The van der Waals surface area contributed by atoms with E-state index in [-0.39, 0.29) is 12.0 Å². The Balaban J connectivity index is 2.29. The van der Waals surface area contributed by atoms with Crippen molar-refractivity contribution in [2.45, 2.75) is 25.6 Å². The second-order valence-corrected chi connectivity index (χ2v) is 4.58. The van der Waals surface area contributed by atoms with E-state index in [0.29, 0.717) is 12.4 Å². The smallest absolute Gasteiger partial charge is 0.124 e. The van der Waals surface area contributed by atoms with Gasteiger partial charge in [-0.2, -0.15) is 0 Å². The van der Waals surface area contributed by atoms with Crippen molar-refractivity contribution in [1.29, 1.82) is 0 Å². The lowest BCUT2D eigenvalue weighted by molar-refractivity contribution is 0.0419. The van der Waals surface area contributed by atoms with Crippen LogP contribution in [-0.4, -0.2) is 32.0 Å². The lowest BCUT2D eigenvalue weighted by Gasteiger charge is -2.23. The Kier molecular flexibility index (Phi) is 4.09. The van der Waals surface area contributed by atoms with Gasteiger partial charge < -0.3 is 19.3 Å².